The number of hydrogen-bond acceptors (Lipinski definition) is 2. The van der Waals surface area contributed by atoms with Crippen LogP contribution in [0.3, 0.4) is 0 Å². The van der Waals surface area contributed by atoms with Crippen molar-refractivity contribution >= 4 is 16.9 Å². The van der Waals surface area contributed by atoms with Crippen LogP contribution in [-0.2, 0) is 4.79 Å². The summed E-state index contributed by atoms with van der Waals surface area (Å²) in [7, 11) is 0. The summed E-state index contributed by atoms with van der Waals surface area (Å²) in [5.74, 6) is 1.90. The molecule has 0 saturated heterocycles. The van der Waals surface area contributed by atoms with Crippen LogP contribution in [0.4, 0.5) is 0 Å². The Morgan fingerprint density at radius 2 is 1.88 bits per heavy atom. The van der Waals surface area contributed by atoms with Gasteiger partial charge in [0, 0.05) is 10.8 Å². The lowest BCUT2D eigenvalue weighted by Crippen LogP contribution is -2.23. The number of carbonyl (C=O) groups excluding carboxylic acids is 1. The molecular formula is C15H16OS. The van der Waals surface area contributed by atoms with Gasteiger partial charge in [-0.15, -0.1) is 0 Å². The van der Waals surface area contributed by atoms with Crippen molar-refractivity contribution in [3.05, 3.63) is 42.5 Å². The Hall–Kier alpha value is -1.02. The van der Waals surface area contributed by atoms with Crippen molar-refractivity contribution in [2.75, 3.05) is 0 Å². The number of benzene rings is 1. The lowest BCUT2D eigenvalue weighted by atomic mass is 9.85. The first-order chi connectivity index (χ1) is 8.25. The summed E-state index contributed by atoms with van der Waals surface area (Å²) in [4.78, 5) is 13.4. The van der Waals surface area contributed by atoms with E-state index in [1.165, 1.54) is 18.2 Å². The molecule has 4 atom stereocenters. The average molecular weight is 244 g/mol. The number of carbonyl (C=O) groups is 1. The molecule has 0 N–H and O–H groups in total. The summed E-state index contributed by atoms with van der Waals surface area (Å²) in [6, 6.07) is 9.98. The van der Waals surface area contributed by atoms with E-state index in [2.05, 4.69) is 19.1 Å². The van der Waals surface area contributed by atoms with Crippen LogP contribution in [0.2, 0.25) is 0 Å². The summed E-state index contributed by atoms with van der Waals surface area (Å²) in [6.45, 7) is 2.22. The fraction of sp³-hybridized carbons (Fsp3) is 0.400. The molecular weight excluding hydrogens is 228 g/mol. The Kier molecular flexibility index (Phi) is 2.83. The van der Waals surface area contributed by atoms with Crippen LogP contribution in [0.1, 0.15) is 13.3 Å². The van der Waals surface area contributed by atoms with Gasteiger partial charge in [-0.25, -0.2) is 0 Å². The van der Waals surface area contributed by atoms with Crippen molar-refractivity contribution in [1.29, 1.82) is 0 Å². The van der Waals surface area contributed by atoms with Gasteiger partial charge >= 0.3 is 0 Å². The van der Waals surface area contributed by atoms with Crippen LogP contribution in [0.15, 0.2) is 47.4 Å². The highest BCUT2D eigenvalue weighted by molar-refractivity contribution is 8.13. The Labute approximate surface area is 106 Å². The molecule has 1 nitrogen and oxygen atoms in total. The fourth-order valence-corrected chi connectivity index (χ4v) is 4.18. The molecule has 2 aliphatic rings. The van der Waals surface area contributed by atoms with E-state index >= 15 is 0 Å². The van der Waals surface area contributed by atoms with Crippen LogP contribution in [-0.4, -0.2) is 5.12 Å². The molecule has 1 aromatic rings. The second-order valence-electron chi connectivity index (χ2n) is 5.07. The molecule has 2 bridgehead atoms. The Morgan fingerprint density at radius 1 is 1.18 bits per heavy atom. The lowest BCUT2D eigenvalue weighted by Gasteiger charge is -2.22. The largest absolute Gasteiger partial charge is 0.286 e. The maximum Gasteiger partial charge on any atom is 0.197 e. The van der Waals surface area contributed by atoms with Crippen molar-refractivity contribution in [3.63, 3.8) is 0 Å². The molecule has 17 heavy (non-hydrogen) atoms. The van der Waals surface area contributed by atoms with E-state index in [0.717, 1.165) is 4.90 Å². The first-order valence-corrected chi connectivity index (χ1v) is 7.02. The van der Waals surface area contributed by atoms with Gasteiger partial charge in [-0.05, 0) is 36.3 Å². The summed E-state index contributed by atoms with van der Waals surface area (Å²) in [5, 5.41) is 0.348. The zero-order valence-corrected chi connectivity index (χ0v) is 10.7. The van der Waals surface area contributed by atoms with Crippen molar-refractivity contribution < 1.29 is 4.79 Å². The predicted octanol–water partition coefficient (Wildman–Crippen LogP) is 3.76. The normalized spacial score (nSPS) is 34.2. The number of fused-ring (bicyclic) bond motifs is 2. The Bertz CT molecular complexity index is 451. The molecule has 1 saturated carbocycles. The average Bonchev–Trinajstić information content (AvgIpc) is 2.90. The molecule has 1 fully saturated rings. The highest BCUT2D eigenvalue weighted by atomic mass is 32.2. The SMILES string of the molecule is C[C@H]1[C@H](C(=O)Sc2ccccc2)[C@@H]2C=C[C@H]1C2. The molecule has 2 heteroatoms. The van der Waals surface area contributed by atoms with Gasteiger partial charge in [-0.3, -0.25) is 4.79 Å². The smallest absolute Gasteiger partial charge is 0.197 e. The molecule has 0 radical (unpaired) electrons. The Morgan fingerprint density at radius 3 is 2.53 bits per heavy atom. The number of thioether (sulfide) groups is 1. The third-order valence-corrected chi connectivity index (χ3v) is 5.07. The maximum absolute atomic E-state index is 12.3. The highest BCUT2D eigenvalue weighted by Crippen LogP contribution is 2.49. The number of rotatable bonds is 2. The van der Waals surface area contributed by atoms with E-state index in [1.807, 2.05) is 30.3 Å². The monoisotopic (exact) mass is 244 g/mol. The van der Waals surface area contributed by atoms with E-state index in [0.29, 0.717) is 22.9 Å². The third-order valence-electron chi connectivity index (χ3n) is 4.09. The molecule has 0 heterocycles. The molecule has 3 rings (SSSR count). The standard InChI is InChI=1S/C15H16OS/c1-10-11-7-8-12(9-11)14(10)15(16)17-13-5-3-2-4-6-13/h2-8,10-12,14H,9H2,1H3/t10-,11+,12-,14+/m1/s1. The molecule has 1 aromatic carbocycles. The van der Waals surface area contributed by atoms with Gasteiger partial charge in [0.2, 0.25) is 0 Å². The van der Waals surface area contributed by atoms with Crippen LogP contribution in [0.25, 0.3) is 0 Å². The van der Waals surface area contributed by atoms with Crippen molar-refractivity contribution in [2.24, 2.45) is 23.7 Å². The van der Waals surface area contributed by atoms with Gasteiger partial charge in [0.05, 0.1) is 0 Å². The summed E-state index contributed by atoms with van der Waals surface area (Å²) >= 11 is 1.41. The number of allylic oxidation sites excluding steroid dienone is 2. The molecule has 0 unspecified atom stereocenters. The van der Waals surface area contributed by atoms with Gasteiger partial charge in [-0.1, -0.05) is 49.0 Å². The van der Waals surface area contributed by atoms with E-state index in [1.54, 1.807) is 0 Å². The first-order valence-electron chi connectivity index (χ1n) is 6.21. The zero-order valence-electron chi connectivity index (χ0n) is 9.87. The zero-order chi connectivity index (χ0) is 11.8. The minimum Gasteiger partial charge on any atom is -0.286 e. The van der Waals surface area contributed by atoms with Gasteiger partial charge < -0.3 is 0 Å². The molecule has 0 spiro atoms. The maximum atomic E-state index is 12.3. The van der Waals surface area contributed by atoms with E-state index in [4.69, 9.17) is 0 Å². The lowest BCUT2D eigenvalue weighted by molar-refractivity contribution is -0.116. The van der Waals surface area contributed by atoms with E-state index in [9.17, 15) is 4.79 Å². The van der Waals surface area contributed by atoms with Crippen molar-refractivity contribution in [2.45, 2.75) is 18.2 Å². The van der Waals surface area contributed by atoms with Gasteiger partial charge in [0.1, 0.15) is 0 Å². The minimum absolute atomic E-state index is 0.232. The highest BCUT2D eigenvalue weighted by Gasteiger charge is 2.45. The van der Waals surface area contributed by atoms with E-state index in [-0.39, 0.29) is 5.92 Å². The summed E-state index contributed by atoms with van der Waals surface area (Å²) in [5.41, 5.74) is 0. The quantitative estimate of drug-likeness (QED) is 0.582. The molecule has 88 valence electrons. The van der Waals surface area contributed by atoms with Gasteiger partial charge in [0.15, 0.2) is 5.12 Å². The fourth-order valence-electron chi connectivity index (χ4n) is 3.13. The third kappa shape index (κ3) is 1.95. The summed E-state index contributed by atoms with van der Waals surface area (Å²) in [6.07, 6.45) is 5.73. The molecule has 0 aromatic heterocycles. The van der Waals surface area contributed by atoms with Crippen LogP contribution in [0, 0.1) is 23.7 Å². The predicted molar refractivity (Wildman–Crippen MR) is 70.7 cm³/mol. The van der Waals surface area contributed by atoms with Crippen LogP contribution in [0.5, 0.6) is 0 Å². The molecule has 0 amide bonds. The molecule has 0 aliphatic heterocycles. The first kappa shape index (κ1) is 11.1. The second-order valence-corrected chi connectivity index (χ2v) is 6.15. The van der Waals surface area contributed by atoms with Gasteiger partial charge in [0.25, 0.3) is 0 Å². The molecule has 2 aliphatic carbocycles. The van der Waals surface area contributed by atoms with E-state index < -0.39 is 0 Å². The van der Waals surface area contributed by atoms with Crippen molar-refractivity contribution in [3.8, 4) is 0 Å². The Balaban J connectivity index is 1.73. The van der Waals surface area contributed by atoms with Crippen LogP contribution >= 0.6 is 11.8 Å². The second kappa shape index (κ2) is 4.34. The minimum atomic E-state index is 0.232. The number of hydrogen-bond donors (Lipinski definition) is 0. The summed E-state index contributed by atoms with van der Waals surface area (Å²) < 4.78 is 0. The van der Waals surface area contributed by atoms with Crippen molar-refractivity contribution in [1.82, 2.24) is 0 Å². The topological polar surface area (TPSA) is 17.1 Å². The van der Waals surface area contributed by atoms with Gasteiger partial charge in [-0.2, -0.15) is 0 Å². The van der Waals surface area contributed by atoms with Crippen LogP contribution < -0.4 is 0 Å².